The lowest BCUT2D eigenvalue weighted by molar-refractivity contribution is 0.102. The van der Waals surface area contributed by atoms with E-state index >= 15 is 0 Å². The molecule has 0 radical (unpaired) electrons. The van der Waals surface area contributed by atoms with E-state index in [1.54, 1.807) is 43.9 Å². The van der Waals surface area contributed by atoms with Gasteiger partial charge in [0.15, 0.2) is 0 Å². The normalized spacial score (nSPS) is 10.0. The van der Waals surface area contributed by atoms with Crippen LogP contribution in [0.3, 0.4) is 0 Å². The Labute approximate surface area is 123 Å². The molecular formula is C15H18N4O2. The van der Waals surface area contributed by atoms with Gasteiger partial charge in [-0.1, -0.05) is 6.92 Å². The minimum absolute atomic E-state index is 0.206. The van der Waals surface area contributed by atoms with Crippen LogP contribution in [0, 0.1) is 0 Å². The molecule has 0 fully saturated rings. The van der Waals surface area contributed by atoms with Gasteiger partial charge in [0, 0.05) is 18.8 Å². The van der Waals surface area contributed by atoms with Gasteiger partial charge >= 0.3 is 0 Å². The Hall–Kier alpha value is -2.63. The lowest BCUT2D eigenvalue weighted by Gasteiger charge is -2.11. The second-order valence-corrected chi connectivity index (χ2v) is 4.39. The Bertz CT molecular complexity index is 599. The van der Waals surface area contributed by atoms with Crippen molar-refractivity contribution < 1.29 is 9.53 Å². The number of pyridine rings is 2. The summed E-state index contributed by atoms with van der Waals surface area (Å²) in [7, 11) is 1.54. The molecule has 6 heteroatoms. The fourth-order valence-electron chi connectivity index (χ4n) is 1.77. The second kappa shape index (κ2) is 7.23. The summed E-state index contributed by atoms with van der Waals surface area (Å²) in [5, 5.41) is 5.99. The Morgan fingerprint density at radius 2 is 2.14 bits per heavy atom. The molecule has 0 aliphatic heterocycles. The molecule has 0 aliphatic carbocycles. The molecule has 21 heavy (non-hydrogen) atoms. The number of nitrogens with zero attached hydrogens (tertiary/aromatic N) is 2. The van der Waals surface area contributed by atoms with E-state index in [9.17, 15) is 4.79 Å². The van der Waals surface area contributed by atoms with Gasteiger partial charge in [-0.15, -0.1) is 0 Å². The third kappa shape index (κ3) is 3.92. The molecule has 2 aromatic rings. The fourth-order valence-corrected chi connectivity index (χ4v) is 1.77. The van der Waals surface area contributed by atoms with E-state index in [-0.39, 0.29) is 5.91 Å². The first kappa shape index (κ1) is 14.8. The number of anilines is 2. The van der Waals surface area contributed by atoms with E-state index in [0.717, 1.165) is 18.7 Å². The molecule has 0 saturated heterocycles. The van der Waals surface area contributed by atoms with E-state index in [1.165, 1.54) is 0 Å². The topological polar surface area (TPSA) is 76.1 Å². The number of amides is 1. The molecule has 6 nitrogen and oxygen atoms in total. The summed E-state index contributed by atoms with van der Waals surface area (Å²) in [5.74, 6) is 0.296. The lowest BCUT2D eigenvalue weighted by atomic mass is 10.2. The minimum atomic E-state index is -0.206. The summed E-state index contributed by atoms with van der Waals surface area (Å²) >= 11 is 0. The van der Waals surface area contributed by atoms with Gasteiger partial charge in [0.1, 0.15) is 0 Å². The molecule has 0 bridgehead atoms. The number of hydrogen-bond acceptors (Lipinski definition) is 5. The SMILES string of the molecule is CCCNc1cnccc1C(=O)Nc1ccc(OC)nc1. The highest BCUT2D eigenvalue weighted by molar-refractivity contribution is 6.07. The molecule has 0 aliphatic rings. The van der Waals surface area contributed by atoms with Gasteiger partial charge < -0.3 is 15.4 Å². The quantitative estimate of drug-likeness (QED) is 0.853. The number of carbonyl (C=O) groups is 1. The van der Waals surface area contributed by atoms with Gasteiger partial charge in [-0.3, -0.25) is 9.78 Å². The second-order valence-electron chi connectivity index (χ2n) is 4.39. The van der Waals surface area contributed by atoms with Gasteiger partial charge in [-0.25, -0.2) is 4.98 Å². The maximum atomic E-state index is 12.3. The zero-order chi connectivity index (χ0) is 15.1. The lowest BCUT2D eigenvalue weighted by Crippen LogP contribution is -2.15. The van der Waals surface area contributed by atoms with E-state index in [2.05, 4.69) is 27.5 Å². The molecule has 1 amide bonds. The molecule has 2 aromatic heterocycles. The first-order valence-corrected chi connectivity index (χ1v) is 6.74. The minimum Gasteiger partial charge on any atom is -0.481 e. The number of aromatic nitrogens is 2. The van der Waals surface area contributed by atoms with Crippen LogP contribution in [-0.4, -0.2) is 29.5 Å². The van der Waals surface area contributed by atoms with Crippen molar-refractivity contribution in [3.8, 4) is 5.88 Å². The number of hydrogen-bond donors (Lipinski definition) is 2. The Morgan fingerprint density at radius 3 is 2.81 bits per heavy atom. The van der Waals surface area contributed by atoms with Gasteiger partial charge in [0.25, 0.3) is 5.91 Å². The van der Waals surface area contributed by atoms with Crippen molar-refractivity contribution in [2.24, 2.45) is 0 Å². The van der Waals surface area contributed by atoms with E-state index < -0.39 is 0 Å². The van der Waals surface area contributed by atoms with E-state index in [0.29, 0.717) is 17.1 Å². The largest absolute Gasteiger partial charge is 0.481 e. The van der Waals surface area contributed by atoms with Crippen LogP contribution in [0.25, 0.3) is 0 Å². The summed E-state index contributed by atoms with van der Waals surface area (Å²) in [6.07, 6.45) is 5.77. The Kier molecular flexibility index (Phi) is 5.09. The number of rotatable bonds is 6. The van der Waals surface area contributed by atoms with Gasteiger partial charge in [-0.2, -0.15) is 0 Å². The van der Waals surface area contributed by atoms with Crippen LogP contribution < -0.4 is 15.4 Å². The van der Waals surface area contributed by atoms with Crippen LogP contribution in [0.1, 0.15) is 23.7 Å². The van der Waals surface area contributed by atoms with Crippen molar-refractivity contribution in [1.29, 1.82) is 0 Å². The highest BCUT2D eigenvalue weighted by Gasteiger charge is 2.11. The summed E-state index contributed by atoms with van der Waals surface area (Å²) in [5.41, 5.74) is 1.88. The molecule has 2 N–H and O–H groups in total. The Morgan fingerprint density at radius 1 is 1.29 bits per heavy atom. The molecule has 0 unspecified atom stereocenters. The van der Waals surface area contributed by atoms with Crippen molar-refractivity contribution in [2.45, 2.75) is 13.3 Å². The van der Waals surface area contributed by atoms with Crippen LogP contribution in [-0.2, 0) is 0 Å². The van der Waals surface area contributed by atoms with Crippen LogP contribution >= 0.6 is 0 Å². The average molecular weight is 286 g/mol. The molecule has 2 rings (SSSR count). The van der Waals surface area contributed by atoms with Gasteiger partial charge in [0.2, 0.25) is 5.88 Å². The summed E-state index contributed by atoms with van der Waals surface area (Å²) in [6.45, 7) is 2.85. The Balaban J connectivity index is 2.12. The van der Waals surface area contributed by atoms with Crippen molar-refractivity contribution in [2.75, 3.05) is 24.3 Å². The van der Waals surface area contributed by atoms with Gasteiger partial charge in [-0.05, 0) is 18.6 Å². The zero-order valence-corrected chi connectivity index (χ0v) is 12.1. The maximum absolute atomic E-state index is 12.3. The number of ether oxygens (including phenoxy) is 1. The molecule has 0 saturated carbocycles. The number of carbonyl (C=O) groups excluding carboxylic acids is 1. The molecule has 2 heterocycles. The third-order valence-corrected chi connectivity index (χ3v) is 2.83. The predicted octanol–water partition coefficient (Wildman–Crippen LogP) is 2.56. The van der Waals surface area contributed by atoms with Crippen LogP contribution in [0.4, 0.5) is 11.4 Å². The summed E-state index contributed by atoms with van der Waals surface area (Å²) < 4.78 is 4.98. The summed E-state index contributed by atoms with van der Waals surface area (Å²) in [4.78, 5) is 20.4. The fraction of sp³-hybridized carbons (Fsp3) is 0.267. The zero-order valence-electron chi connectivity index (χ0n) is 12.1. The highest BCUT2D eigenvalue weighted by atomic mass is 16.5. The van der Waals surface area contributed by atoms with Crippen molar-refractivity contribution in [1.82, 2.24) is 9.97 Å². The van der Waals surface area contributed by atoms with Gasteiger partial charge in [0.05, 0.1) is 36.4 Å². The van der Waals surface area contributed by atoms with Crippen molar-refractivity contribution in [3.05, 3.63) is 42.4 Å². The third-order valence-electron chi connectivity index (χ3n) is 2.83. The average Bonchev–Trinajstić information content (AvgIpc) is 2.54. The first-order chi connectivity index (χ1) is 10.2. The molecule has 0 spiro atoms. The number of methoxy groups -OCH3 is 1. The smallest absolute Gasteiger partial charge is 0.257 e. The van der Waals surface area contributed by atoms with E-state index in [4.69, 9.17) is 4.74 Å². The van der Waals surface area contributed by atoms with E-state index in [1.807, 2.05) is 0 Å². The molecule has 0 aromatic carbocycles. The van der Waals surface area contributed by atoms with Crippen LogP contribution in [0.2, 0.25) is 0 Å². The first-order valence-electron chi connectivity index (χ1n) is 6.74. The predicted molar refractivity (Wildman–Crippen MR) is 81.8 cm³/mol. The van der Waals surface area contributed by atoms with Crippen LogP contribution in [0.15, 0.2) is 36.8 Å². The number of nitrogens with one attached hydrogen (secondary N) is 2. The van der Waals surface area contributed by atoms with Crippen LogP contribution in [0.5, 0.6) is 5.88 Å². The standard InChI is InChI=1S/C15H18N4O2/c1-3-7-17-13-10-16-8-6-12(13)15(20)19-11-4-5-14(21-2)18-9-11/h4-6,8-10,17H,3,7H2,1-2H3,(H,19,20). The molecule has 0 atom stereocenters. The van der Waals surface area contributed by atoms with Crippen molar-refractivity contribution >= 4 is 17.3 Å². The molecule has 110 valence electrons. The highest BCUT2D eigenvalue weighted by Crippen LogP contribution is 2.17. The molecular weight excluding hydrogens is 268 g/mol. The van der Waals surface area contributed by atoms with Crippen molar-refractivity contribution in [3.63, 3.8) is 0 Å². The maximum Gasteiger partial charge on any atom is 0.257 e. The monoisotopic (exact) mass is 286 g/mol. The summed E-state index contributed by atoms with van der Waals surface area (Å²) in [6, 6.07) is 5.12.